The van der Waals surface area contributed by atoms with Gasteiger partial charge in [0.25, 0.3) is 0 Å². The molecule has 7 nitrogen and oxygen atoms in total. The molecule has 0 saturated heterocycles. The van der Waals surface area contributed by atoms with Crippen molar-refractivity contribution in [2.45, 2.75) is 19.9 Å². The molecule has 100 valence electrons. The highest BCUT2D eigenvalue weighted by Gasteiger charge is 2.07. The van der Waals surface area contributed by atoms with Crippen molar-refractivity contribution in [3.63, 3.8) is 0 Å². The average molecular weight is 260 g/mol. The zero-order valence-electron chi connectivity index (χ0n) is 10.6. The molecule has 0 fully saturated rings. The Morgan fingerprint density at radius 1 is 1.47 bits per heavy atom. The van der Waals surface area contributed by atoms with Crippen molar-refractivity contribution in [2.75, 3.05) is 5.32 Å². The molecule has 0 aliphatic rings. The highest BCUT2D eigenvalue weighted by atomic mass is 16.2. The smallest absolute Gasteiger partial charge is 0.241 e. The Bertz CT molecular complexity index is 565. The number of aromatic amines is 1. The average Bonchev–Trinajstić information content (AvgIpc) is 2.84. The third kappa shape index (κ3) is 3.78. The number of carbonyl (C=O) groups is 1. The second kappa shape index (κ2) is 5.96. The number of aryl methyl sites for hydroxylation is 1. The molecule has 5 N–H and O–H groups in total. The van der Waals surface area contributed by atoms with Crippen molar-refractivity contribution in [1.29, 1.82) is 0 Å². The van der Waals surface area contributed by atoms with E-state index in [0.717, 1.165) is 5.69 Å². The fourth-order valence-corrected chi connectivity index (χ4v) is 1.63. The maximum Gasteiger partial charge on any atom is 0.241 e. The number of hydrogen-bond donors (Lipinski definition) is 4. The number of amides is 1. The summed E-state index contributed by atoms with van der Waals surface area (Å²) >= 11 is 0. The van der Waals surface area contributed by atoms with E-state index in [4.69, 9.17) is 5.84 Å². The third-order valence-corrected chi connectivity index (χ3v) is 2.54. The minimum atomic E-state index is -0.322. The van der Waals surface area contributed by atoms with Gasteiger partial charge in [-0.05, 0) is 24.6 Å². The van der Waals surface area contributed by atoms with Crippen LogP contribution in [-0.4, -0.2) is 21.1 Å². The first-order valence-electron chi connectivity index (χ1n) is 5.87. The Hall–Kier alpha value is -2.41. The molecule has 0 aliphatic heterocycles. The number of anilines is 1. The predicted molar refractivity (Wildman–Crippen MR) is 70.9 cm³/mol. The van der Waals surface area contributed by atoms with Crippen LogP contribution in [0, 0.1) is 6.92 Å². The molecule has 7 heteroatoms. The van der Waals surface area contributed by atoms with Crippen LogP contribution in [0.4, 0.5) is 5.69 Å². The van der Waals surface area contributed by atoms with Crippen LogP contribution >= 0.6 is 0 Å². The molecule has 0 bridgehead atoms. The van der Waals surface area contributed by atoms with Crippen LogP contribution in [-0.2, 0) is 17.8 Å². The van der Waals surface area contributed by atoms with Crippen molar-refractivity contribution < 1.29 is 4.79 Å². The van der Waals surface area contributed by atoms with Crippen LogP contribution in [0.25, 0.3) is 0 Å². The first-order chi connectivity index (χ1) is 9.17. The largest absolute Gasteiger partial charge is 0.378 e. The minimum Gasteiger partial charge on any atom is -0.378 e. The number of hydrazine groups is 1. The van der Waals surface area contributed by atoms with E-state index in [2.05, 4.69) is 20.5 Å². The maximum atomic E-state index is 11.1. The number of nitrogens with one attached hydrogen (secondary N) is 3. The molecule has 19 heavy (non-hydrogen) atoms. The summed E-state index contributed by atoms with van der Waals surface area (Å²) in [6.07, 6.45) is 0.0669. The Morgan fingerprint density at radius 3 is 3.05 bits per heavy atom. The van der Waals surface area contributed by atoms with Crippen molar-refractivity contribution >= 4 is 11.6 Å². The summed E-state index contributed by atoms with van der Waals surface area (Å²) in [6, 6.07) is 8.03. The lowest BCUT2D eigenvalue weighted by Crippen LogP contribution is -2.31. The number of nitrogens with two attached hydrogens (primary N) is 1. The maximum absolute atomic E-state index is 11.1. The van der Waals surface area contributed by atoms with Gasteiger partial charge in [-0.15, -0.1) is 0 Å². The fraction of sp³-hybridized carbons (Fsp3) is 0.250. The van der Waals surface area contributed by atoms with Crippen LogP contribution in [0.1, 0.15) is 17.2 Å². The SMILES string of the molecule is Cc1cccc(NCc2nc(CC(=O)NN)n[nH]2)c1. The molecular weight excluding hydrogens is 244 g/mol. The van der Waals surface area contributed by atoms with Crippen molar-refractivity contribution in [3.8, 4) is 0 Å². The number of rotatable bonds is 5. The molecule has 0 atom stereocenters. The number of carbonyl (C=O) groups excluding carboxylic acids is 1. The highest BCUT2D eigenvalue weighted by Crippen LogP contribution is 2.10. The molecular formula is C12H16N6O. The van der Waals surface area contributed by atoms with Gasteiger partial charge in [-0.25, -0.2) is 10.8 Å². The Balaban J connectivity index is 1.91. The third-order valence-electron chi connectivity index (χ3n) is 2.54. The van der Waals surface area contributed by atoms with Gasteiger partial charge in [-0.1, -0.05) is 12.1 Å². The number of benzene rings is 1. The molecule has 0 saturated carbocycles. The van der Waals surface area contributed by atoms with E-state index in [9.17, 15) is 4.79 Å². The lowest BCUT2D eigenvalue weighted by molar-refractivity contribution is -0.120. The zero-order chi connectivity index (χ0) is 13.7. The first-order valence-corrected chi connectivity index (χ1v) is 5.87. The van der Waals surface area contributed by atoms with Gasteiger partial charge in [0.2, 0.25) is 5.91 Å². The van der Waals surface area contributed by atoms with Crippen molar-refractivity contribution in [3.05, 3.63) is 41.5 Å². The molecule has 1 aromatic carbocycles. The summed E-state index contributed by atoms with van der Waals surface area (Å²) in [5.74, 6) is 5.76. The molecule has 0 radical (unpaired) electrons. The summed E-state index contributed by atoms with van der Waals surface area (Å²) in [5.41, 5.74) is 4.23. The Morgan fingerprint density at radius 2 is 2.32 bits per heavy atom. The molecule has 1 aromatic heterocycles. The highest BCUT2D eigenvalue weighted by molar-refractivity contribution is 5.76. The van der Waals surface area contributed by atoms with E-state index in [1.54, 1.807) is 0 Å². The quantitative estimate of drug-likeness (QED) is 0.350. The van der Waals surface area contributed by atoms with E-state index >= 15 is 0 Å². The van der Waals surface area contributed by atoms with Crippen LogP contribution in [0.3, 0.4) is 0 Å². The minimum absolute atomic E-state index is 0.0669. The van der Waals surface area contributed by atoms with Crippen molar-refractivity contribution in [1.82, 2.24) is 20.6 Å². The van der Waals surface area contributed by atoms with Gasteiger partial charge in [0, 0.05) is 5.69 Å². The summed E-state index contributed by atoms with van der Waals surface area (Å²) in [4.78, 5) is 15.3. The lowest BCUT2D eigenvalue weighted by atomic mass is 10.2. The molecule has 2 rings (SSSR count). The normalized spacial score (nSPS) is 10.2. The summed E-state index contributed by atoms with van der Waals surface area (Å²) in [5, 5.41) is 9.94. The van der Waals surface area contributed by atoms with Gasteiger partial charge >= 0.3 is 0 Å². The van der Waals surface area contributed by atoms with Gasteiger partial charge in [-0.3, -0.25) is 15.3 Å². The standard InChI is InChI=1S/C12H16N6O/c1-8-3-2-4-9(5-8)14-7-11-15-10(17-18-11)6-12(19)16-13/h2-5,14H,6-7,13H2,1H3,(H,16,19)(H,15,17,18). The van der Waals surface area contributed by atoms with Gasteiger partial charge in [0.15, 0.2) is 5.82 Å². The Labute approximate surface area is 110 Å². The first kappa shape index (κ1) is 13.0. The number of H-pyrrole nitrogens is 1. The molecule has 1 heterocycles. The molecule has 1 amide bonds. The van der Waals surface area contributed by atoms with E-state index in [1.165, 1.54) is 5.56 Å². The van der Waals surface area contributed by atoms with Crippen LogP contribution in [0.2, 0.25) is 0 Å². The van der Waals surface area contributed by atoms with E-state index < -0.39 is 0 Å². The lowest BCUT2D eigenvalue weighted by Gasteiger charge is -2.04. The second-order valence-corrected chi connectivity index (χ2v) is 4.17. The van der Waals surface area contributed by atoms with Crippen LogP contribution in [0.5, 0.6) is 0 Å². The summed E-state index contributed by atoms with van der Waals surface area (Å²) in [7, 11) is 0. The van der Waals surface area contributed by atoms with E-state index in [-0.39, 0.29) is 12.3 Å². The van der Waals surface area contributed by atoms with Gasteiger partial charge in [0.1, 0.15) is 5.82 Å². The van der Waals surface area contributed by atoms with Crippen LogP contribution < -0.4 is 16.6 Å². The number of nitrogens with zero attached hydrogens (tertiary/aromatic N) is 2. The number of hydrogen-bond acceptors (Lipinski definition) is 5. The van der Waals surface area contributed by atoms with E-state index in [1.807, 2.05) is 36.6 Å². The second-order valence-electron chi connectivity index (χ2n) is 4.17. The Kier molecular flexibility index (Phi) is 4.09. The molecule has 0 unspecified atom stereocenters. The fourth-order valence-electron chi connectivity index (χ4n) is 1.63. The topological polar surface area (TPSA) is 109 Å². The van der Waals surface area contributed by atoms with Gasteiger partial charge in [0.05, 0.1) is 13.0 Å². The van der Waals surface area contributed by atoms with Crippen molar-refractivity contribution in [2.24, 2.45) is 5.84 Å². The zero-order valence-corrected chi connectivity index (χ0v) is 10.6. The monoisotopic (exact) mass is 260 g/mol. The van der Waals surface area contributed by atoms with Crippen LogP contribution in [0.15, 0.2) is 24.3 Å². The predicted octanol–water partition coefficient (Wildman–Crippen LogP) is 0.258. The summed E-state index contributed by atoms with van der Waals surface area (Å²) in [6.45, 7) is 2.55. The van der Waals surface area contributed by atoms with Gasteiger partial charge < -0.3 is 5.32 Å². The molecule has 0 aliphatic carbocycles. The molecule has 0 spiro atoms. The molecule has 2 aromatic rings. The van der Waals surface area contributed by atoms with Gasteiger partial charge in [-0.2, -0.15) is 5.10 Å². The van der Waals surface area contributed by atoms with E-state index in [0.29, 0.717) is 18.2 Å². The number of aromatic nitrogens is 3. The summed E-state index contributed by atoms with van der Waals surface area (Å²) < 4.78 is 0.